The zero-order chi connectivity index (χ0) is 26.7. The minimum Gasteiger partial charge on any atom is -0.458 e. The first-order chi connectivity index (χ1) is 17.2. The van der Waals surface area contributed by atoms with Crippen LogP contribution in [0.4, 0.5) is 0 Å². The van der Waals surface area contributed by atoms with Gasteiger partial charge in [0.25, 0.3) is 0 Å². The fraction of sp³-hybridized carbons (Fsp3) is 0.733. The van der Waals surface area contributed by atoms with Crippen LogP contribution in [0.2, 0.25) is 0 Å². The summed E-state index contributed by atoms with van der Waals surface area (Å²) in [5.41, 5.74) is -1.76. The van der Waals surface area contributed by atoms with Crippen LogP contribution >= 0.6 is 0 Å². The maximum Gasteiger partial charge on any atom is 0.334 e. The Bertz CT molecular complexity index is 1100. The average molecular weight is 513 g/mol. The minimum absolute atomic E-state index is 0.00191. The van der Waals surface area contributed by atoms with Gasteiger partial charge in [0.2, 0.25) is 0 Å². The van der Waals surface area contributed by atoms with Crippen molar-refractivity contribution in [3.63, 3.8) is 0 Å². The van der Waals surface area contributed by atoms with Gasteiger partial charge in [-0.3, -0.25) is 0 Å². The molecule has 0 aromatic carbocycles. The number of allylic oxidation sites excluding steroid dienone is 1. The van der Waals surface area contributed by atoms with Gasteiger partial charge in [-0.1, -0.05) is 32.2 Å². The van der Waals surface area contributed by atoms with Crippen molar-refractivity contribution in [3.8, 4) is 0 Å². The summed E-state index contributed by atoms with van der Waals surface area (Å²) in [4.78, 5) is 25.9. The van der Waals surface area contributed by atoms with Gasteiger partial charge in [-0.25, -0.2) is 9.59 Å². The molecule has 1 spiro atoms. The lowest BCUT2D eigenvalue weighted by Crippen LogP contribution is -2.57. The van der Waals surface area contributed by atoms with Crippen molar-refractivity contribution in [2.45, 2.75) is 107 Å². The molecule has 6 fully saturated rings. The van der Waals surface area contributed by atoms with Gasteiger partial charge in [0.05, 0.1) is 11.5 Å². The number of rotatable bonds is 3. The lowest BCUT2D eigenvalue weighted by atomic mass is 9.56. The third-order valence-electron chi connectivity index (χ3n) is 11.2. The molecule has 2 saturated heterocycles. The number of esters is 2. The van der Waals surface area contributed by atoms with Crippen molar-refractivity contribution in [1.29, 1.82) is 0 Å². The highest BCUT2D eigenvalue weighted by molar-refractivity contribution is 5.91. The summed E-state index contributed by atoms with van der Waals surface area (Å²) in [5, 5.41) is 23.4. The standard InChI is InChI=1S/C30H40O7/c1-15-8-7-11-27(4)12-9-18(14-20(15)27)16(2)25(31)36-23-24-30(37-24)22(29(23,6)34)21-19(10-13-28(30,5)33)17(3)26(32)35-21/h18-24,33-34H,1-3,7-14H2,4-6H3/t18-,19+,20+,21+,22+,23+,24+,27-,28-,29+,30-/m1/s1. The first kappa shape index (κ1) is 25.3. The van der Waals surface area contributed by atoms with Crippen LogP contribution in [0, 0.1) is 29.1 Å². The van der Waals surface area contributed by atoms with Crippen LogP contribution in [0.3, 0.4) is 0 Å². The maximum absolute atomic E-state index is 13.5. The van der Waals surface area contributed by atoms with E-state index in [0.717, 1.165) is 25.7 Å². The molecule has 2 heterocycles. The zero-order valence-electron chi connectivity index (χ0n) is 22.3. The summed E-state index contributed by atoms with van der Waals surface area (Å²) >= 11 is 0. The molecule has 37 heavy (non-hydrogen) atoms. The SMILES string of the molecule is C=C(C(=O)O[C@H]1[C@@H]2O[C@]23[C@@H]([C@H]2OC(=O)C(=C)[C@@H]2CC[C@@]3(C)O)[C@]1(C)O)[C@@H]1CC[C@@]2(C)CCCC(=C)[C@@H]2C1. The molecule has 0 unspecified atom stereocenters. The topological polar surface area (TPSA) is 106 Å². The van der Waals surface area contributed by atoms with E-state index >= 15 is 0 Å². The Morgan fingerprint density at radius 1 is 1.11 bits per heavy atom. The van der Waals surface area contributed by atoms with Crippen molar-refractivity contribution < 1.29 is 34.0 Å². The van der Waals surface area contributed by atoms with E-state index in [1.54, 1.807) is 13.8 Å². The van der Waals surface area contributed by atoms with Gasteiger partial charge in [0.15, 0.2) is 6.10 Å². The van der Waals surface area contributed by atoms with E-state index in [9.17, 15) is 19.8 Å². The predicted octanol–water partition coefficient (Wildman–Crippen LogP) is 3.78. The summed E-state index contributed by atoms with van der Waals surface area (Å²) in [7, 11) is 0. The first-order valence-electron chi connectivity index (χ1n) is 13.8. The fourth-order valence-electron chi connectivity index (χ4n) is 8.95. The summed E-state index contributed by atoms with van der Waals surface area (Å²) < 4.78 is 17.8. The van der Waals surface area contributed by atoms with Crippen molar-refractivity contribution in [3.05, 3.63) is 36.5 Å². The Balaban J connectivity index is 1.23. The lowest BCUT2D eigenvalue weighted by molar-refractivity contribution is -0.192. The third-order valence-corrected chi connectivity index (χ3v) is 11.2. The second kappa shape index (κ2) is 7.80. The molecule has 11 atom stereocenters. The third kappa shape index (κ3) is 3.29. The highest BCUT2D eigenvalue weighted by atomic mass is 16.7. The smallest absolute Gasteiger partial charge is 0.334 e. The van der Waals surface area contributed by atoms with Crippen molar-refractivity contribution in [2.75, 3.05) is 0 Å². The van der Waals surface area contributed by atoms with Crippen LogP contribution in [0.15, 0.2) is 36.5 Å². The van der Waals surface area contributed by atoms with Gasteiger partial charge in [0, 0.05) is 17.1 Å². The van der Waals surface area contributed by atoms with Gasteiger partial charge in [-0.2, -0.15) is 0 Å². The Hall–Kier alpha value is -1.96. The number of epoxide rings is 1. The van der Waals surface area contributed by atoms with Crippen molar-refractivity contribution in [2.24, 2.45) is 29.1 Å². The molecule has 0 radical (unpaired) electrons. The molecule has 2 N–H and O–H groups in total. The molecule has 6 aliphatic rings. The molecule has 7 nitrogen and oxygen atoms in total. The van der Waals surface area contributed by atoms with Gasteiger partial charge < -0.3 is 24.4 Å². The van der Waals surface area contributed by atoms with E-state index in [-0.39, 0.29) is 17.3 Å². The van der Waals surface area contributed by atoms with Crippen LogP contribution in [0.1, 0.15) is 72.1 Å². The summed E-state index contributed by atoms with van der Waals surface area (Å²) in [6, 6.07) is 0. The van der Waals surface area contributed by atoms with E-state index in [1.165, 1.54) is 18.4 Å². The largest absolute Gasteiger partial charge is 0.458 e. The van der Waals surface area contributed by atoms with Crippen LogP contribution in [0.25, 0.3) is 0 Å². The van der Waals surface area contributed by atoms with Gasteiger partial charge in [-0.15, -0.1) is 0 Å². The van der Waals surface area contributed by atoms with Crippen molar-refractivity contribution >= 4 is 11.9 Å². The molecule has 7 heteroatoms. The second-order valence-corrected chi connectivity index (χ2v) is 13.4. The summed E-state index contributed by atoms with van der Waals surface area (Å²) in [6.07, 6.45) is 4.58. The highest BCUT2D eigenvalue weighted by Crippen LogP contribution is 2.69. The van der Waals surface area contributed by atoms with Crippen molar-refractivity contribution in [1.82, 2.24) is 0 Å². The quantitative estimate of drug-likeness (QED) is 0.257. The Labute approximate surface area is 218 Å². The van der Waals surface area contributed by atoms with E-state index in [1.807, 2.05) is 0 Å². The van der Waals surface area contributed by atoms with E-state index in [0.29, 0.717) is 29.9 Å². The minimum atomic E-state index is -1.58. The van der Waals surface area contributed by atoms with Crippen LogP contribution < -0.4 is 0 Å². The number of aliphatic hydroxyl groups is 2. The normalized spacial score (nSPS) is 52.2. The summed E-state index contributed by atoms with van der Waals surface area (Å²) in [5.74, 6) is -1.74. The number of carbonyl (C=O) groups excluding carboxylic acids is 2. The molecular formula is C30H40O7. The number of ether oxygens (including phenoxy) is 3. The van der Waals surface area contributed by atoms with E-state index in [4.69, 9.17) is 14.2 Å². The van der Waals surface area contributed by atoms with Crippen LogP contribution in [-0.2, 0) is 23.8 Å². The molecule has 6 rings (SSSR count). The Kier molecular flexibility index (Phi) is 5.34. The monoisotopic (exact) mass is 512 g/mol. The van der Waals surface area contributed by atoms with Crippen LogP contribution in [-0.4, -0.2) is 57.3 Å². The molecular weight excluding hydrogens is 472 g/mol. The summed E-state index contributed by atoms with van der Waals surface area (Å²) in [6.45, 7) is 18.0. The van der Waals surface area contributed by atoms with Crippen LogP contribution in [0.5, 0.6) is 0 Å². The van der Waals surface area contributed by atoms with Gasteiger partial charge in [0.1, 0.15) is 23.4 Å². The molecule has 4 saturated carbocycles. The maximum atomic E-state index is 13.5. The number of fused-ring (bicyclic) bond motifs is 3. The number of carbonyl (C=O) groups is 2. The molecule has 2 aliphatic heterocycles. The van der Waals surface area contributed by atoms with E-state index in [2.05, 4.69) is 26.7 Å². The lowest BCUT2D eigenvalue weighted by Gasteiger charge is -2.49. The first-order valence-corrected chi connectivity index (χ1v) is 13.8. The predicted molar refractivity (Wildman–Crippen MR) is 135 cm³/mol. The zero-order valence-corrected chi connectivity index (χ0v) is 22.3. The molecule has 202 valence electrons. The molecule has 0 aromatic heterocycles. The van der Waals surface area contributed by atoms with Gasteiger partial charge in [-0.05, 0) is 82.5 Å². The Morgan fingerprint density at radius 2 is 1.84 bits per heavy atom. The molecule has 0 amide bonds. The second-order valence-electron chi connectivity index (χ2n) is 13.4. The highest BCUT2D eigenvalue weighted by Gasteiger charge is 2.87. The molecule has 4 aliphatic carbocycles. The molecule has 0 bridgehead atoms. The molecule has 0 aromatic rings. The number of hydrogen-bond acceptors (Lipinski definition) is 7. The number of hydrogen-bond donors (Lipinski definition) is 2. The average Bonchev–Trinajstić information content (AvgIpc) is 3.47. The van der Waals surface area contributed by atoms with Gasteiger partial charge >= 0.3 is 11.9 Å². The fourth-order valence-corrected chi connectivity index (χ4v) is 8.95. The van der Waals surface area contributed by atoms with E-state index < -0.39 is 53.0 Å². The Morgan fingerprint density at radius 3 is 2.57 bits per heavy atom.